The molecule has 0 aromatic heterocycles. The highest BCUT2D eigenvalue weighted by atomic mass is 32.2. The topological polar surface area (TPSA) is 77.9 Å². The van der Waals surface area contributed by atoms with Crippen LogP contribution in [0, 0.1) is 11.6 Å². The molecule has 0 bridgehead atoms. The van der Waals surface area contributed by atoms with Gasteiger partial charge in [0, 0.05) is 26.2 Å². The van der Waals surface area contributed by atoms with E-state index in [1.807, 2.05) is 0 Å². The molecule has 1 heterocycles. The first-order valence-corrected chi connectivity index (χ1v) is 7.64. The van der Waals surface area contributed by atoms with Gasteiger partial charge in [-0.1, -0.05) is 6.07 Å². The number of aliphatic carboxylic acids is 1. The van der Waals surface area contributed by atoms with E-state index in [1.165, 1.54) is 0 Å². The minimum atomic E-state index is -4.27. The van der Waals surface area contributed by atoms with Gasteiger partial charge in [0.1, 0.15) is 11.6 Å². The standard InChI is InChI=1S/C12H14F2N2O4S/c13-9-2-1-3-10(14)12(9)21(19,20)16-6-4-15(5-7-16)8-11(17)18/h1-3H,4-8H2,(H,17,18). The van der Waals surface area contributed by atoms with Crippen molar-refractivity contribution in [3.63, 3.8) is 0 Å². The first kappa shape index (κ1) is 15.8. The molecule has 0 amide bonds. The first-order valence-electron chi connectivity index (χ1n) is 6.20. The molecule has 21 heavy (non-hydrogen) atoms. The Morgan fingerprint density at radius 3 is 2.14 bits per heavy atom. The molecular formula is C12H14F2N2O4S. The highest BCUT2D eigenvalue weighted by Gasteiger charge is 2.33. The second-order valence-corrected chi connectivity index (χ2v) is 6.50. The van der Waals surface area contributed by atoms with Crippen LogP contribution in [0.5, 0.6) is 0 Å². The molecule has 1 fully saturated rings. The van der Waals surface area contributed by atoms with Crippen molar-refractivity contribution in [3.05, 3.63) is 29.8 Å². The lowest BCUT2D eigenvalue weighted by Gasteiger charge is -2.33. The highest BCUT2D eigenvalue weighted by molar-refractivity contribution is 7.89. The lowest BCUT2D eigenvalue weighted by Crippen LogP contribution is -2.50. The van der Waals surface area contributed by atoms with Crippen molar-refractivity contribution >= 4 is 16.0 Å². The zero-order valence-electron chi connectivity index (χ0n) is 11.0. The van der Waals surface area contributed by atoms with E-state index in [9.17, 15) is 22.0 Å². The van der Waals surface area contributed by atoms with Crippen molar-refractivity contribution in [2.24, 2.45) is 0 Å². The summed E-state index contributed by atoms with van der Waals surface area (Å²) in [4.78, 5) is 11.2. The predicted octanol–water partition coefficient (Wildman–Crippen LogP) is 0.356. The maximum atomic E-state index is 13.6. The van der Waals surface area contributed by atoms with E-state index >= 15 is 0 Å². The smallest absolute Gasteiger partial charge is 0.317 e. The van der Waals surface area contributed by atoms with Gasteiger partial charge >= 0.3 is 5.97 Å². The number of carbonyl (C=O) groups is 1. The van der Waals surface area contributed by atoms with Crippen molar-refractivity contribution in [2.75, 3.05) is 32.7 Å². The third-order valence-corrected chi connectivity index (χ3v) is 5.16. The zero-order valence-corrected chi connectivity index (χ0v) is 11.8. The Bertz CT molecular complexity index is 622. The summed E-state index contributed by atoms with van der Waals surface area (Å²) >= 11 is 0. The number of rotatable bonds is 4. The first-order chi connectivity index (χ1) is 9.82. The molecule has 0 aliphatic carbocycles. The Labute approximate surface area is 120 Å². The molecule has 1 aromatic carbocycles. The molecule has 0 atom stereocenters. The second kappa shape index (κ2) is 6.04. The largest absolute Gasteiger partial charge is 0.480 e. The number of hydrogen-bond acceptors (Lipinski definition) is 4. The van der Waals surface area contributed by atoms with E-state index in [4.69, 9.17) is 5.11 Å². The monoisotopic (exact) mass is 320 g/mol. The summed E-state index contributed by atoms with van der Waals surface area (Å²) in [6.45, 7) is 0.178. The molecule has 1 aliphatic rings. The van der Waals surface area contributed by atoms with Gasteiger partial charge in [-0.05, 0) is 12.1 Å². The van der Waals surface area contributed by atoms with Gasteiger partial charge in [-0.15, -0.1) is 0 Å². The number of halogens is 2. The third-order valence-electron chi connectivity index (χ3n) is 3.21. The summed E-state index contributed by atoms with van der Waals surface area (Å²) in [6.07, 6.45) is 0. The average molecular weight is 320 g/mol. The molecule has 1 N–H and O–H groups in total. The van der Waals surface area contributed by atoms with Crippen LogP contribution >= 0.6 is 0 Å². The number of carboxylic acid groups (broad SMARTS) is 1. The fourth-order valence-corrected chi connectivity index (χ4v) is 3.71. The van der Waals surface area contributed by atoms with Gasteiger partial charge < -0.3 is 5.11 Å². The summed E-state index contributed by atoms with van der Waals surface area (Å²) < 4.78 is 52.7. The van der Waals surface area contributed by atoms with Crippen LogP contribution in [-0.4, -0.2) is 61.4 Å². The van der Waals surface area contributed by atoms with Crippen molar-refractivity contribution in [3.8, 4) is 0 Å². The summed E-state index contributed by atoms with van der Waals surface area (Å²) in [7, 11) is -4.27. The van der Waals surface area contributed by atoms with Gasteiger partial charge in [0.2, 0.25) is 10.0 Å². The maximum absolute atomic E-state index is 13.6. The summed E-state index contributed by atoms with van der Waals surface area (Å²) in [5, 5.41) is 8.67. The molecule has 9 heteroatoms. The lowest BCUT2D eigenvalue weighted by atomic mass is 10.3. The lowest BCUT2D eigenvalue weighted by molar-refractivity contribution is -0.138. The number of carboxylic acids is 1. The van der Waals surface area contributed by atoms with Gasteiger partial charge in [-0.2, -0.15) is 4.31 Å². The maximum Gasteiger partial charge on any atom is 0.317 e. The van der Waals surface area contributed by atoms with E-state index < -0.39 is 32.5 Å². The molecule has 116 valence electrons. The van der Waals surface area contributed by atoms with Gasteiger partial charge in [-0.3, -0.25) is 9.69 Å². The third kappa shape index (κ3) is 3.36. The van der Waals surface area contributed by atoms with E-state index in [1.54, 1.807) is 4.90 Å². The van der Waals surface area contributed by atoms with Crippen LogP contribution in [0.25, 0.3) is 0 Å². The summed E-state index contributed by atoms with van der Waals surface area (Å²) in [6, 6.07) is 2.86. The molecule has 1 aliphatic heterocycles. The normalized spacial score (nSPS) is 17.8. The molecule has 0 radical (unpaired) electrons. The molecule has 0 saturated carbocycles. The van der Waals surface area contributed by atoms with E-state index in [0.717, 1.165) is 22.5 Å². The number of sulfonamides is 1. The van der Waals surface area contributed by atoms with Gasteiger partial charge in [0.25, 0.3) is 0 Å². The summed E-state index contributed by atoms with van der Waals surface area (Å²) in [5.41, 5.74) is 0. The van der Waals surface area contributed by atoms with E-state index in [-0.39, 0.29) is 32.7 Å². The molecule has 6 nitrogen and oxygen atoms in total. The molecule has 1 saturated heterocycles. The Morgan fingerprint density at radius 1 is 1.14 bits per heavy atom. The van der Waals surface area contributed by atoms with E-state index in [0.29, 0.717) is 0 Å². The van der Waals surface area contributed by atoms with Crippen LogP contribution < -0.4 is 0 Å². The number of benzene rings is 1. The van der Waals surface area contributed by atoms with Gasteiger partial charge in [-0.25, -0.2) is 17.2 Å². The van der Waals surface area contributed by atoms with Crippen LogP contribution in [0.3, 0.4) is 0 Å². The Hall–Kier alpha value is -1.58. The van der Waals surface area contributed by atoms with Crippen molar-refractivity contribution < 1.29 is 27.1 Å². The van der Waals surface area contributed by atoms with Crippen LogP contribution in [0.1, 0.15) is 0 Å². The van der Waals surface area contributed by atoms with Gasteiger partial charge in [0.05, 0.1) is 6.54 Å². The van der Waals surface area contributed by atoms with Crippen molar-refractivity contribution in [1.29, 1.82) is 0 Å². The molecule has 2 rings (SSSR count). The van der Waals surface area contributed by atoms with Crippen molar-refractivity contribution in [2.45, 2.75) is 4.90 Å². The number of nitrogens with zero attached hydrogens (tertiary/aromatic N) is 2. The fourth-order valence-electron chi connectivity index (χ4n) is 2.18. The fraction of sp³-hybridized carbons (Fsp3) is 0.417. The minimum absolute atomic E-state index is 0.0105. The molecule has 1 aromatic rings. The van der Waals surface area contributed by atoms with Crippen LogP contribution in [0.2, 0.25) is 0 Å². The molecule has 0 unspecified atom stereocenters. The highest BCUT2D eigenvalue weighted by Crippen LogP contribution is 2.23. The predicted molar refractivity (Wildman–Crippen MR) is 69.2 cm³/mol. The molecule has 0 spiro atoms. The summed E-state index contributed by atoms with van der Waals surface area (Å²) in [5.74, 6) is -3.28. The second-order valence-electron chi connectivity index (χ2n) is 4.62. The zero-order chi connectivity index (χ0) is 15.6. The van der Waals surface area contributed by atoms with Gasteiger partial charge in [0.15, 0.2) is 4.90 Å². The van der Waals surface area contributed by atoms with Crippen molar-refractivity contribution in [1.82, 2.24) is 9.21 Å². The average Bonchev–Trinajstić information content (AvgIpc) is 2.38. The minimum Gasteiger partial charge on any atom is -0.480 e. The Kier molecular flexibility index (Phi) is 4.55. The van der Waals surface area contributed by atoms with Crippen LogP contribution in [0.15, 0.2) is 23.1 Å². The van der Waals surface area contributed by atoms with E-state index in [2.05, 4.69) is 0 Å². The van der Waals surface area contributed by atoms with Crippen LogP contribution in [0.4, 0.5) is 8.78 Å². The Balaban J connectivity index is 2.17. The number of piperazine rings is 1. The Morgan fingerprint density at radius 2 is 1.67 bits per heavy atom. The van der Waals surface area contributed by atoms with Crippen LogP contribution in [-0.2, 0) is 14.8 Å². The SMILES string of the molecule is O=C(O)CN1CCN(S(=O)(=O)c2c(F)cccc2F)CC1. The molecular weight excluding hydrogens is 306 g/mol. The quantitative estimate of drug-likeness (QED) is 0.866. The number of hydrogen-bond donors (Lipinski definition) is 1.